The van der Waals surface area contributed by atoms with Crippen molar-refractivity contribution in [1.29, 1.82) is 0 Å². The second-order valence-corrected chi connectivity index (χ2v) is 6.15. The van der Waals surface area contributed by atoms with Crippen molar-refractivity contribution < 1.29 is 9.90 Å². The van der Waals surface area contributed by atoms with Crippen LogP contribution < -0.4 is 11.1 Å². The van der Waals surface area contributed by atoms with Crippen molar-refractivity contribution in [2.45, 2.75) is 39.3 Å². The van der Waals surface area contributed by atoms with E-state index in [-0.39, 0.29) is 11.3 Å². The molecule has 96 valence electrons. The van der Waals surface area contributed by atoms with Crippen molar-refractivity contribution in [2.24, 2.45) is 11.1 Å². The van der Waals surface area contributed by atoms with Crippen molar-refractivity contribution in [1.82, 2.24) is 5.32 Å². The van der Waals surface area contributed by atoms with E-state index in [1.54, 1.807) is 11.8 Å². The third-order valence-electron chi connectivity index (χ3n) is 2.12. The Morgan fingerprint density at radius 1 is 1.50 bits per heavy atom. The van der Waals surface area contributed by atoms with Gasteiger partial charge in [0.2, 0.25) is 5.91 Å². The number of nitrogens with one attached hydrogen (secondary N) is 1. The molecule has 0 heterocycles. The first-order chi connectivity index (χ1) is 7.28. The fourth-order valence-corrected chi connectivity index (χ4v) is 1.57. The Hall–Kier alpha value is -0.260. The van der Waals surface area contributed by atoms with Gasteiger partial charge in [0.05, 0.1) is 0 Å². The number of nitrogens with two attached hydrogens (primary N) is 1. The lowest BCUT2D eigenvalue weighted by atomic mass is 9.96. The molecule has 0 aromatic heterocycles. The zero-order chi connectivity index (χ0) is 12.8. The summed E-state index contributed by atoms with van der Waals surface area (Å²) in [7, 11) is 0. The van der Waals surface area contributed by atoms with Gasteiger partial charge in [-0.1, -0.05) is 20.8 Å². The largest absolute Gasteiger partial charge is 0.382 e. The standard InChI is InChI=1S/C11H24N2O2S/c1-11(2,3)7-13-10(15)9(14)8(12)5-6-16-4/h8-9,14H,5-7,12H2,1-4H3,(H,13,15)/t8-,9?/m0/s1. The zero-order valence-corrected chi connectivity index (χ0v) is 11.4. The second-order valence-electron chi connectivity index (χ2n) is 5.17. The van der Waals surface area contributed by atoms with Gasteiger partial charge in [-0.3, -0.25) is 4.79 Å². The summed E-state index contributed by atoms with van der Waals surface area (Å²) in [5, 5.41) is 12.4. The summed E-state index contributed by atoms with van der Waals surface area (Å²) >= 11 is 1.65. The van der Waals surface area contributed by atoms with E-state index in [0.29, 0.717) is 13.0 Å². The summed E-state index contributed by atoms with van der Waals surface area (Å²) in [5.74, 6) is 0.480. The van der Waals surface area contributed by atoms with E-state index in [9.17, 15) is 9.90 Å². The van der Waals surface area contributed by atoms with Crippen LogP contribution in [0.4, 0.5) is 0 Å². The Kier molecular flexibility index (Phi) is 7.03. The summed E-state index contributed by atoms with van der Waals surface area (Å²) in [6.45, 7) is 6.60. The molecule has 0 aliphatic carbocycles. The minimum absolute atomic E-state index is 0.0126. The maximum atomic E-state index is 11.5. The molecule has 4 nitrogen and oxygen atoms in total. The molecule has 0 radical (unpaired) electrons. The summed E-state index contributed by atoms with van der Waals surface area (Å²) in [5.41, 5.74) is 5.73. The number of carbonyl (C=O) groups excluding carboxylic acids is 1. The van der Waals surface area contributed by atoms with Crippen LogP contribution >= 0.6 is 11.8 Å². The van der Waals surface area contributed by atoms with Gasteiger partial charge in [0.25, 0.3) is 0 Å². The summed E-state index contributed by atoms with van der Waals surface area (Å²) in [6, 6.07) is -0.479. The van der Waals surface area contributed by atoms with Crippen LogP contribution in [0.15, 0.2) is 0 Å². The molecular weight excluding hydrogens is 224 g/mol. The third kappa shape index (κ3) is 7.09. The molecule has 0 aliphatic rings. The Morgan fingerprint density at radius 2 is 2.06 bits per heavy atom. The SMILES string of the molecule is CSCC[C@H](N)C(O)C(=O)NCC(C)(C)C. The Morgan fingerprint density at radius 3 is 2.50 bits per heavy atom. The van der Waals surface area contributed by atoms with Crippen LogP contribution in [-0.2, 0) is 4.79 Å². The predicted octanol–water partition coefficient (Wildman–Crippen LogP) is 0.590. The van der Waals surface area contributed by atoms with Gasteiger partial charge in [0.1, 0.15) is 6.10 Å². The fourth-order valence-electron chi connectivity index (χ4n) is 1.06. The number of thioether (sulfide) groups is 1. The second kappa shape index (κ2) is 7.14. The van der Waals surface area contributed by atoms with Gasteiger partial charge >= 0.3 is 0 Å². The molecule has 1 unspecified atom stereocenters. The Labute approximate surface area is 102 Å². The first-order valence-electron chi connectivity index (χ1n) is 5.48. The number of aliphatic hydroxyl groups excluding tert-OH is 1. The summed E-state index contributed by atoms with van der Waals surface area (Å²) in [4.78, 5) is 11.5. The van der Waals surface area contributed by atoms with E-state index in [2.05, 4.69) is 5.32 Å². The fraction of sp³-hybridized carbons (Fsp3) is 0.909. The lowest BCUT2D eigenvalue weighted by Gasteiger charge is -2.22. The maximum Gasteiger partial charge on any atom is 0.250 e. The van der Waals surface area contributed by atoms with Crippen molar-refractivity contribution in [3.8, 4) is 0 Å². The molecule has 2 atom stereocenters. The van der Waals surface area contributed by atoms with E-state index >= 15 is 0 Å². The van der Waals surface area contributed by atoms with E-state index in [4.69, 9.17) is 5.73 Å². The number of amides is 1. The topological polar surface area (TPSA) is 75.3 Å². The molecule has 0 aromatic rings. The maximum absolute atomic E-state index is 11.5. The van der Waals surface area contributed by atoms with Crippen LogP contribution in [-0.4, -0.2) is 41.7 Å². The van der Waals surface area contributed by atoms with Crippen LogP contribution in [0.3, 0.4) is 0 Å². The van der Waals surface area contributed by atoms with Crippen LogP contribution in [0, 0.1) is 5.41 Å². The molecule has 0 saturated carbocycles. The van der Waals surface area contributed by atoms with Crippen molar-refractivity contribution in [3.63, 3.8) is 0 Å². The molecule has 0 aromatic carbocycles. The summed E-state index contributed by atoms with van der Waals surface area (Å²) < 4.78 is 0. The van der Waals surface area contributed by atoms with Gasteiger partial charge in [0.15, 0.2) is 0 Å². The number of carbonyl (C=O) groups is 1. The minimum atomic E-state index is -1.10. The Balaban J connectivity index is 3.98. The van der Waals surface area contributed by atoms with Crippen LogP contribution in [0.5, 0.6) is 0 Å². The smallest absolute Gasteiger partial charge is 0.250 e. The third-order valence-corrected chi connectivity index (χ3v) is 2.77. The van der Waals surface area contributed by atoms with Crippen LogP contribution in [0.25, 0.3) is 0 Å². The zero-order valence-electron chi connectivity index (χ0n) is 10.6. The lowest BCUT2D eigenvalue weighted by molar-refractivity contribution is -0.130. The highest BCUT2D eigenvalue weighted by atomic mass is 32.2. The molecule has 0 bridgehead atoms. The number of hydrogen-bond donors (Lipinski definition) is 3. The molecule has 0 fully saturated rings. The molecule has 0 aliphatic heterocycles. The average Bonchev–Trinajstić information content (AvgIpc) is 2.20. The molecular formula is C11H24N2O2S. The van der Waals surface area contributed by atoms with E-state index in [1.165, 1.54) is 0 Å². The number of hydrogen-bond acceptors (Lipinski definition) is 4. The molecule has 1 amide bonds. The minimum Gasteiger partial charge on any atom is -0.382 e. The molecule has 4 N–H and O–H groups in total. The van der Waals surface area contributed by atoms with Gasteiger partial charge < -0.3 is 16.2 Å². The quantitative estimate of drug-likeness (QED) is 0.643. The normalized spacial score (nSPS) is 15.6. The highest BCUT2D eigenvalue weighted by molar-refractivity contribution is 7.98. The van der Waals surface area contributed by atoms with Crippen molar-refractivity contribution >= 4 is 17.7 Å². The molecule has 0 spiro atoms. The van der Waals surface area contributed by atoms with Crippen molar-refractivity contribution in [3.05, 3.63) is 0 Å². The first-order valence-corrected chi connectivity index (χ1v) is 6.87. The highest BCUT2D eigenvalue weighted by Gasteiger charge is 2.23. The van der Waals surface area contributed by atoms with Gasteiger partial charge in [0, 0.05) is 12.6 Å². The molecule has 5 heteroatoms. The number of rotatable bonds is 6. The molecule has 0 rings (SSSR count). The van der Waals surface area contributed by atoms with Crippen LogP contribution in [0.1, 0.15) is 27.2 Å². The van der Waals surface area contributed by atoms with Crippen LogP contribution in [0.2, 0.25) is 0 Å². The lowest BCUT2D eigenvalue weighted by Crippen LogP contribution is -2.48. The predicted molar refractivity (Wildman–Crippen MR) is 69.4 cm³/mol. The van der Waals surface area contributed by atoms with E-state index < -0.39 is 12.1 Å². The molecule has 0 saturated heterocycles. The van der Waals surface area contributed by atoms with Gasteiger partial charge in [-0.05, 0) is 23.8 Å². The first kappa shape index (κ1) is 15.7. The van der Waals surface area contributed by atoms with Gasteiger partial charge in [-0.25, -0.2) is 0 Å². The van der Waals surface area contributed by atoms with E-state index in [1.807, 2.05) is 27.0 Å². The van der Waals surface area contributed by atoms with Gasteiger partial charge in [-0.2, -0.15) is 11.8 Å². The Bertz CT molecular complexity index is 217. The molecule has 16 heavy (non-hydrogen) atoms. The summed E-state index contributed by atoms with van der Waals surface area (Å²) in [6.07, 6.45) is 1.51. The van der Waals surface area contributed by atoms with E-state index in [0.717, 1.165) is 5.75 Å². The van der Waals surface area contributed by atoms with Crippen molar-refractivity contribution in [2.75, 3.05) is 18.6 Å². The average molecular weight is 248 g/mol. The van der Waals surface area contributed by atoms with Gasteiger partial charge in [-0.15, -0.1) is 0 Å². The number of aliphatic hydroxyl groups is 1. The monoisotopic (exact) mass is 248 g/mol. The highest BCUT2D eigenvalue weighted by Crippen LogP contribution is 2.10.